The number of rotatable bonds is 0. The summed E-state index contributed by atoms with van der Waals surface area (Å²) in [6.45, 7) is 1.48. The van der Waals surface area contributed by atoms with Gasteiger partial charge in [0.25, 0.3) is 0 Å². The normalized spacial score (nSPS) is 12.3. The molecule has 0 aromatic carbocycles. The lowest BCUT2D eigenvalue weighted by Gasteiger charge is -2.05. The van der Waals surface area contributed by atoms with E-state index in [1.165, 1.54) is 17.8 Å². The molecule has 0 saturated heterocycles. The fraction of sp³-hybridized carbons (Fsp3) is 0.375. The van der Waals surface area contributed by atoms with E-state index in [2.05, 4.69) is 15.0 Å². The van der Waals surface area contributed by atoms with E-state index in [0.717, 1.165) is 0 Å². The molecule has 0 saturated carbocycles. The molecule has 0 aliphatic carbocycles. The number of hydrogen-bond donors (Lipinski definition) is 0. The molecular weight excluding hydrogens is 209 g/mol. The minimum atomic E-state index is -4.52. The van der Waals surface area contributed by atoms with Crippen molar-refractivity contribution in [3.63, 3.8) is 0 Å². The minimum absolute atomic E-state index is 0.190. The largest absolute Gasteiger partial charge is 0.451 e. The molecule has 2 heterocycles. The van der Waals surface area contributed by atoms with Crippen LogP contribution in [0.25, 0.3) is 11.2 Å². The molecule has 0 bridgehead atoms. The van der Waals surface area contributed by atoms with Crippen molar-refractivity contribution in [3.05, 3.63) is 17.8 Å². The van der Waals surface area contributed by atoms with E-state index in [1.54, 1.807) is 7.05 Å². The lowest BCUT2D eigenvalue weighted by molar-refractivity contribution is -0.144. The molecule has 7 heteroatoms. The van der Waals surface area contributed by atoms with Crippen LogP contribution in [0.3, 0.4) is 0 Å². The Bertz CT molecular complexity index is 514. The zero-order valence-electron chi connectivity index (χ0n) is 8.00. The number of fused-ring (bicyclic) bond motifs is 1. The second kappa shape index (κ2) is 2.91. The molecule has 0 aliphatic heterocycles. The van der Waals surface area contributed by atoms with E-state index in [-0.39, 0.29) is 11.3 Å². The number of hydrogen-bond acceptors (Lipinski definition) is 3. The molecule has 0 N–H and O–H groups in total. The maximum atomic E-state index is 12.4. The first-order valence-corrected chi connectivity index (χ1v) is 4.12. The Labute approximate surface area is 82.8 Å². The maximum Gasteiger partial charge on any atom is 0.451 e. The summed E-state index contributed by atoms with van der Waals surface area (Å²) in [5.41, 5.74) is 0.813. The van der Waals surface area contributed by atoms with Crippen molar-refractivity contribution in [2.75, 3.05) is 0 Å². The van der Waals surface area contributed by atoms with Crippen molar-refractivity contribution in [2.24, 2.45) is 7.05 Å². The topological polar surface area (TPSA) is 43.6 Å². The van der Waals surface area contributed by atoms with Gasteiger partial charge in [0.2, 0.25) is 5.82 Å². The van der Waals surface area contributed by atoms with E-state index >= 15 is 0 Å². The molecular formula is C8H7F3N4. The van der Waals surface area contributed by atoms with Crippen molar-refractivity contribution in [2.45, 2.75) is 13.1 Å². The average Bonchev–Trinajstić information content (AvgIpc) is 2.47. The van der Waals surface area contributed by atoms with E-state index < -0.39 is 12.0 Å². The number of aromatic nitrogens is 4. The Hall–Kier alpha value is -1.66. The van der Waals surface area contributed by atoms with Crippen molar-refractivity contribution in [1.29, 1.82) is 0 Å². The number of alkyl halides is 3. The molecule has 0 spiro atoms. The fourth-order valence-corrected chi connectivity index (χ4v) is 1.27. The summed E-state index contributed by atoms with van der Waals surface area (Å²) in [5.74, 6) is -1.13. The van der Waals surface area contributed by atoms with Crippen LogP contribution >= 0.6 is 0 Å². The number of aryl methyl sites for hydroxylation is 2. The van der Waals surface area contributed by atoms with Crippen LogP contribution in [-0.4, -0.2) is 19.5 Å². The van der Waals surface area contributed by atoms with Gasteiger partial charge in [0, 0.05) is 7.05 Å². The Balaban J connectivity index is 2.76. The van der Waals surface area contributed by atoms with Gasteiger partial charge in [-0.2, -0.15) is 13.2 Å². The SMILES string of the molecule is Cc1nc(C(F)(F)F)nc2c1ncn2C. The van der Waals surface area contributed by atoms with Gasteiger partial charge in [0.05, 0.1) is 12.0 Å². The van der Waals surface area contributed by atoms with Gasteiger partial charge in [0.15, 0.2) is 5.65 Å². The van der Waals surface area contributed by atoms with E-state index in [1.807, 2.05) is 0 Å². The third-order valence-corrected chi connectivity index (χ3v) is 1.99. The Kier molecular flexibility index (Phi) is 1.92. The van der Waals surface area contributed by atoms with Crippen LogP contribution in [0.15, 0.2) is 6.33 Å². The van der Waals surface area contributed by atoms with Gasteiger partial charge in [-0.25, -0.2) is 15.0 Å². The molecule has 2 rings (SSSR count). The van der Waals surface area contributed by atoms with Gasteiger partial charge in [0.1, 0.15) is 5.52 Å². The average molecular weight is 216 g/mol. The molecule has 0 fully saturated rings. The van der Waals surface area contributed by atoms with E-state index in [0.29, 0.717) is 5.52 Å². The lowest BCUT2D eigenvalue weighted by atomic mass is 10.4. The predicted octanol–water partition coefficient (Wildman–Crippen LogP) is 1.69. The van der Waals surface area contributed by atoms with Gasteiger partial charge in [-0.3, -0.25) is 0 Å². The Morgan fingerprint density at radius 2 is 1.93 bits per heavy atom. The highest BCUT2D eigenvalue weighted by Crippen LogP contribution is 2.27. The van der Waals surface area contributed by atoms with Gasteiger partial charge in [-0.1, -0.05) is 0 Å². The molecule has 4 nitrogen and oxygen atoms in total. The van der Waals surface area contributed by atoms with Crippen molar-refractivity contribution in [3.8, 4) is 0 Å². The molecule has 0 atom stereocenters. The molecule has 80 valence electrons. The number of halogens is 3. The lowest BCUT2D eigenvalue weighted by Crippen LogP contribution is -2.12. The molecule has 2 aromatic rings. The van der Waals surface area contributed by atoms with Crippen LogP contribution < -0.4 is 0 Å². The summed E-state index contributed by atoms with van der Waals surface area (Å²) in [5, 5.41) is 0. The van der Waals surface area contributed by atoms with Crippen LogP contribution in [-0.2, 0) is 13.2 Å². The number of imidazole rings is 1. The molecule has 0 unspecified atom stereocenters. The van der Waals surface area contributed by atoms with Crippen LogP contribution in [0, 0.1) is 6.92 Å². The summed E-state index contributed by atoms with van der Waals surface area (Å²) in [6, 6.07) is 0. The fourth-order valence-electron chi connectivity index (χ4n) is 1.27. The third kappa shape index (κ3) is 1.53. The van der Waals surface area contributed by atoms with Crippen LogP contribution in [0.1, 0.15) is 11.5 Å². The second-order valence-corrected chi connectivity index (χ2v) is 3.16. The standard InChI is InChI=1S/C8H7F3N4/c1-4-5-6(15(2)3-12-5)14-7(13-4)8(9,10)11/h3H,1-2H3. The first-order valence-electron chi connectivity index (χ1n) is 4.12. The first-order chi connectivity index (χ1) is 6.89. The summed E-state index contributed by atoms with van der Waals surface area (Å²) >= 11 is 0. The van der Waals surface area contributed by atoms with Crippen LogP contribution in [0.2, 0.25) is 0 Å². The van der Waals surface area contributed by atoms with E-state index in [4.69, 9.17) is 0 Å². The highest BCUT2D eigenvalue weighted by Gasteiger charge is 2.35. The first kappa shape index (κ1) is 9.88. The zero-order chi connectivity index (χ0) is 11.2. The minimum Gasteiger partial charge on any atom is -0.318 e. The van der Waals surface area contributed by atoms with Crippen molar-refractivity contribution >= 4 is 11.2 Å². The third-order valence-electron chi connectivity index (χ3n) is 1.99. The molecule has 0 aliphatic rings. The quantitative estimate of drug-likeness (QED) is 0.673. The van der Waals surface area contributed by atoms with Gasteiger partial charge < -0.3 is 4.57 Å². The van der Waals surface area contributed by atoms with Crippen molar-refractivity contribution in [1.82, 2.24) is 19.5 Å². The highest BCUT2D eigenvalue weighted by atomic mass is 19.4. The molecule has 0 amide bonds. The molecule has 15 heavy (non-hydrogen) atoms. The zero-order valence-corrected chi connectivity index (χ0v) is 8.00. The van der Waals surface area contributed by atoms with Crippen LogP contribution in [0.4, 0.5) is 13.2 Å². The van der Waals surface area contributed by atoms with Gasteiger partial charge in [-0.15, -0.1) is 0 Å². The predicted molar refractivity (Wildman–Crippen MR) is 46.0 cm³/mol. The molecule has 2 aromatic heterocycles. The highest BCUT2D eigenvalue weighted by molar-refractivity contribution is 5.72. The Morgan fingerprint density at radius 3 is 2.53 bits per heavy atom. The van der Waals surface area contributed by atoms with E-state index in [9.17, 15) is 13.2 Å². The molecule has 0 radical (unpaired) electrons. The summed E-state index contributed by atoms with van der Waals surface area (Å²) in [4.78, 5) is 10.7. The number of nitrogens with zero attached hydrogens (tertiary/aromatic N) is 4. The second-order valence-electron chi connectivity index (χ2n) is 3.16. The monoisotopic (exact) mass is 216 g/mol. The summed E-state index contributed by atoms with van der Waals surface area (Å²) < 4.78 is 38.6. The summed E-state index contributed by atoms with van der Waals surface area (Å²) in [7, 11) is 1.59. The van der Waals surface area contributed by atoms with Crippen molar-refractivity contribution < 1.29 is 13.2 Å². The van der Waals surface area contributed by atoms with Crippen LogP contribution in [0.5, 0.6) is 0 Å². The van der Waals surface area contributed by atoms with Gasteiger partial charge in [-0.05, 0) is 6.92 Å². The maximum absolute atomic E-state index is 12.4. The Morgan fingerprint density at radius 1 is 1.27 bits per heavy atom. The smallest absolute Gasteiger partial charge is 0.318 e. The summed E-state index contributed by atoms with van der Waals surface area (Å²) in [6.07, 6.45) is -3.12. The van der Waals surface area contributed by atoms with Gasteiger partial charge >= 0.3 is 6.18 Å².